The van der Waals surface area contributed by atoms with Gasteiger partial charge in [-0.2, -0.15) is 0 Å². The van der Waals surface area contributed by atoms with Gasteiger partial charge in [0, 0.05) is 32.9 Å². The molecule has 0 saturated heterocycles. The van der Waals surface area contributed by atoms with E-state index in [4.69, 9.17) is 5.32 Å². The molecular weight excluding hydrogens is 763 g/mol. The minimum absolute atomic E-state index is 0.147. The number of nitrogens with zero attached hydrogens (tertiary/aromatic N) is 2. The molecule has 12 aromatic rings. The van der Waals surface area contributed by atoms with Crippen LogP contribution in [0.1, 0.15) is 28.9 Å². The van der Waals surface area contributed by atoms with Crippen molar-refractivity contribution < 1.29 is 0 Å². The molecule has 0 aliphatic carbocycles. The second-order valence-corrected chi connectivity index (χ2v) is 16.9. The van der Waals surface area contributed by atoms with Gasteiger partial charge in [0.2, 0.25) is 0 Å². The molecule has 63 heavy (non-hydrogen) atoms. The Bertz CT molecular complexity index is 3800. The molecule has 3 nitrogen and oxygen atoms in total. The van der Waals surface area contributed by atoms with Gasteiger partial charge in [-0.3, -0.25) is 0 Å². The zero-order valence-corrected chi connectivity index (χ0v) is 34.4. The van der Waals surface area contributed by atoms with Crippen LogP contribution >= 0.6 is 0 Å². The molecule has 2 unspecified atom stereocenters. The van der Waals surface area contributed by atoms with Crippen molar-refractivity contribution in [1.29, 1.82) is 0 Å². The SMILES string of the molecule is C1=C(c2ccc3ccccc3c2)NC(c2ccc3ccccc3c2)[N-]C1c1ccc(-c2cc3c4ccccc4c4c(c5ccccc5n4-c4ccccc4)c3c3ccccc23)cc1. The number of rotatable bonds is 5. The highest BCUT2D eigenvalue weighted by Gasteiger charge is 2.22. The summed E-state index contributed by atoms with van der Waals surface area (Å²) in [5.41, 5.74) is 10.6. The lowest BCUT2D eigenvalue weighted by atomic mass is 9.88. The van der Waals surface area contributed by atoms with E-state index < -0.39 is 0 Å². The van der Waals surface area contributed by atoms with E-state index in [1.165, 1.54) is 86.8 Å². The van der Waals surface area contributed by atoms with Gasteiger partial charge in [0.15, 0.2) is 0 Å². The first-order valence-corrected chi connectivity index (χ1v) is 21.8. The van der Waals surface area contributed by atoms with Gasteiger partial charge >= 0.3 is 0 Å². The van der Waals surface area contributed by atoms with E-state index in [-0.39, 0.29) is 12.2 Å². The van der Waals surface area contributed by atoms with Crippen LogP contribution in [0.5, 0.6) is 0 Å². The van der Waals surface area contributed by atoms with Crippen molar-refractivity contribution in [3.05, 3.63) is 246 Å². The summed E-state index contributed by atoms with van der Waals surface area (Å²) in [6.45, 7) is 0. The minimum Gasteiger partial charge on any atom is -0.629 e. The molecule has 0 bridgehead atoms. The maximum absolute atomic E-state index is 5.48. The van der Waals surface area contributed by atoms with Crippen LogP contribution in [0.15, 0.2) is 224 Å². The van der Waals surface area contributed by atoms with E-state index in [0.717, 1.165) is 28.1 Å². The van der Waals surface area contributed by atoms with Gasteiger partial charge in [-0.1, -0.05) is 206 Å². The number of fused-ring (bicyclic) bond motifs is 12. The fourth-order valence-electron chi connectivity index (χ4n) is 10.3. The lowest BCUT2D eigenvalue weighted by Gasteiger charge is -2.45. The molecule has 2 heterocycles. The van der Waals surface area contributed by atoms with Gasteiger partial charge in [0.05, 0.1) is 11.0 Å². The molecular formula is C60H40N3-. The van der Waals surface area contributed by atoms with Gasteiger partial charge < -0.3 is 15.2 Å². The molecule has 3 heteroatoms. The molecule has 0 amide bonds. The lowest BCUT2D eigenvalue weighted by molar-refractivity contribution is 0.665. The average molecular weight is 803 g/mol. The highest BCUT2D eigenvalue weighted by atomic mass is 15.2. The average Bonchev–Trinajstić information content (AvgIpc) is 3.71. The summed E-state index contributed by atoms with van der Waals surface area (Å²) < 4.78 is 2.46. The molecule has 1 aromatic heterocycles. The monoisotopic (exact) mass is 802 g/mol. The Labute approximate surface area is 365 Å². The number of para-hydroxylation sites is 2. The van der Waals surface area contributed by atoms with E-state index in [1.54, 1.807) is 0 Å². The van der Waals surface area contributed by atoms with Crippen LogP contribution in [0, 0.1) is 0 Å². The number of benzene rings is 11. The predicted octanol–water partition coefficient (Wildman–Crippen LogP) is 16.0. The van der Waals surface area contributed by atoms with Gasteiger partial charge in [-0.05, 0) is 102 Å². The normalized spacial score (nSPS) is 15.5. The first-order valence-electron chi connectivity index (χ1n) is 21.8. The highest BCUT2D eigenvalue weighted by Crippen LogP contribution is 2.47. The highest BCUT2D eigenvalue weighted by molar-refractivity contribution is 6.38. The summed E-state index contributed by atoms with van der Waals surface area (Å²) >= 11 is 0. The maximum Gasteiger partial charge on any atom is 0.0626 e. The zero-order chi connectivity index (χ0) is 41.4. The van der Waals surface area contributed by atoms with Crippen LogP contribution in [0.4, 0.5) is 0 Å². The third-order valence-corrected chi connectivity index (χ3v) is 13.3. The van der Waals surface area contributed by atoms with Crippen molar-refractivity contribution in [2.45, 2.75) is 12.2 Å². The van der Waals surface area contributed by atoms with Crippen LogP contribution in [0.3, 0.4) is 0 Å². The Morgan fingerprint density at radius 2 is 0.984 bits per heavy atom. The van der Waals surface area contributed by atoms with Crippen LogP contribution < -0.4 is 5.32 Å². The van der Waals surface area contributed by atoms with Gasteiger partial charge in [-0.15, -0.1) is 0 Å². The molecule has 0 radical (unpaired) electrons. The van der Waals surface area contributed by atoms with Crippen LogP contribution in [0.25, 0.3) is 103 Å². The van der Waals surface area contributed by atoms with Crippen molar-refractivity contribution in [1.82, 2.24) is 9.88 Å². The molecule has 1 aliphatic rings. The topological polar surface area (TPSA) is 31.1 Å². The number of nitrogens with one attached hydrogen (secondary N) is 1. The summed E-state index contributed by atoms with van der Waals surface area (Å²) in [4.78, 5) is 0. The van der Waals surface area contributed by atoms with Crippen molar-refractivity contribution in [3.8, 4) is 16.8 Å². The quantitative estimate of drug-likeness (QED) is 0.173. The second kappa shape index (κ2) is 14.3. The van der Waals surface area contributed by atoms with Crippen LogP contribution in [-0.4, -0.2) is 4.57 Å². The fourth-order valence-corrected chi connectivity index (χ4v) is 10.3. The summed E-state index contributed by atoms with van der Waals surface area (Å²) in [5, 5.41) is 24.3. The maximum atomic E-state index is 5.48. The van der Waals surface area contributed by atoms with Gasteiger partial charge in [-0.25, -0.2) is 0 Å². The predicted molar refractivity (Wildman–Crippen MR) is 267 cm³/mol. The molecule has 1 N–H and O–H groups in total. The van der Waals surface area contributed by atoms with Crippen molar-refractivity contribution in [2.75, 3.05) is 0 Å². The van der Waals surface area contributed by atoms with E-state index in [2.05, 4.69) is 234 Å². The minimum atomic E-state index is -0.215. The zero-order valence-electron chi connectivity index (χ0n) is 34.4. The first-order chi connectivity index (χ1) is 31.2. The lowest BCUT2D eigenvalue weighted by Crippen LogP contribution is -2.25. The number of aromatic nitrogens is 1. The summed E-state index contributed by atoms with van der Waals surface area (Å²) in [7, 11) is 0. The second-order valence-electron chi connectivity index (χ2n) is 16.9. The van der Waals surface area contributed by atoms with E-state index in [9.17, 15) is 0 Å². The number of hydrogen-bond donors (Lipinski definition) is 1. The molecule has 2 atom stereocenters. The third-order valence-electron chi connectivity index (χ3n) is 13.3. The largest absolute Gasteiger partial charge is 0.629 e. The van der Waals surface area contributed by atoms with E-state index in [1.807, 2.05) is 0 Å². The Kier molecular flexibility index (Phi) is 8.12. The molecule has 1 aliphatic heterocycles. The smallest absolute Gasteiger partial charge is 0.0626 e. The Morgan fingerprint density at radius 3 is 1.76 bits per heavy atom. The standard InChI is InChI=1S/C60H40N3/c1-2-18-46(19-3-1)63-56-25-13-12-24-51(56)58-57-49-22-10-8-20-47(49)52(36-53(57)48-21-9-11-23-50(48)59(58)63)40-28-30-41(31-29-40)54-37-55(44-32-26-38-14-4-6-16-42(38)34-44)62-60(61-54)45-33-27-39-15-5-7-17-43(39)35-45/h1-37,54,60,62H/q-1. The molecule has 13 rings (SSSR count). The van der Waals surface area contributed by atoms with Crippen LogP contribution in [-0.2, 0) is 0 Å². The molecule has 296 valence electrons. The van der Waals surface area contributed by atoms with E-state index >= 15 is 0 Å². The van der Waals surface area contributed by atoms with Crippen molar-refractivity contribution >= 4 is 81.4 Å². The summed E-state index contributed by atoms with van der Waals surface area (Å²) in [5.74, 6) is 0. The molecule has 0 fully saturated rings. The molecule has 0 spiro atoms. The van der Waals surface area contributed by atoms with Crippen LogP contribution in [0.2, 0.25) is 0 Å². The third kappa shape index (κ3) is 5.78. The Hall–Kier alpha value is -7.98. The summed E-state index contributed by atoms with van der Waals surface area (Å²) in [6.07, 6.45) is 2.08. The summed E-state index contributed by atoms with van der Waals surface area (Å²) in [6, 6.07) is 79.7. The van der Waals surface area contributed by atoms with Gasteiger partial charge in [0.1, 0.15) is 0 Å². The molecule has 0 saturated carbocycles. The van der Waals surface area contributed by atoms with Crippen molar-refractivity contribution in [3.63, 3.8) is 0 Å². The molecule has 11 aromatic carbocycles. The first kappa shape index (κ1) is 35.7. The van der Waals surface area contributed by atoms with Crippen molar-refractivity contribution in [2.24, 2.45) is 0 Å². The Balaban J connectivity index is 0.972. The fraction of sp³-hybridized carbons (Fsp3) is 0.0333. The van der Waals surface area contributed by atoms with Gasteiger partial charge in [0.25, 0.3) is 0 Å². The van der Waals surface area contributed by atoms with E-state index in [0.29, 0.717) is 0 Å². The number of hydrogen-bond acceptors (Lipinski definition) is 1. The Morgan fingerprint density at radius 1 is 0.397 bits per heavy atom.